The summed E-state index contributed by atoms with van der Waals surface area (Å²) in [4.78, 5) is 11.0. The third-order valence-electron chi connectivity index (χ3n) is 2.32. The van der Waals surface area contributed by atoms with Crippen LogP contribution >= 0.6 is 0 Å². The number of carbonyl (C=O) groups excluding carboxylic acids is 1. The Hall–Kier alpha value is -2.03. The lowest BCUT2D eigenvalue weighted by Gasteiger charge is -2.13. The Balaban J connectivity index is 2.47. The minimum Gasteiger partial charge on any atom is -0.464 e. The van der Waals surface area contributed by atoms with Crippen LogP contribution in [0.3, 0.4) is 0 Å². The zero-order valence-corrected chi connectivity index (χ0v) is 8.97. The molecular formula is C13H12O3. The second kappa shape index (κ2) is 4.23. The lowest BCUT2D eigenvalue weighted by molar-refractivity contribution is -0.144. The summed E-state index contributed by atoms with van der Waals surface area (Å²) in [6.07, 6.45) is 2.73. The van der Waals surface area contributed by atoms with E-state index in [0.29, 0.717) is 0 Å². The van der Waals surface area contributed by atoms with Crippen molar-refractivity contribution in [1.82, 2.24) is 0 Å². The van der Waals surface area contributed by atoms with Gasteiger partial charge in [-0.1, -0.05) is 24.8 Å². The molecule has 0 bridgehead atoms. The minimum atomic E-state index is -0.465. The second-order valence-electron chi connectivity index (χ2n) is 3.45. The fraction of sp³-hybridized carbons (Fsp3) is 0.154. The molecule has 0 saturated heterocycles. The van der Waals surface area contributed by atoms with Gasteiger partial charge >= 0.3 is 5.97 Å². The Morgan fingerprint density at radius 2 is 2.31 bits per heavy atom. The molecule has 0 N–H and O–H groups in total. The highest BCUT2D eigenvalue weighted by Gasteiger charge is 2.15. The fourth-order valence-corrected chi connectivity index (χ4v) is 1.66. The number of ether oxygens (including phenoxy) is 1. The van der Waals surface area contributed by atoms with Gasteiger partial charge in [0.05, 0.1) is 6.26 Å². The maximum atomic E-state index is 11.0. The van der Waals surface area contributed by atoms with E-state index in [9.17, 15) is 4.79 Å². The number of hydrogen-bond donors (Lipinski definition) is 0. The Morgan fingerprint density at radius 1 is 1.50 bits per heavy atom. The molecule has 0 aliphatic rings. The van der Waals surface area contributed by atoms with Crippen LogP contribution in [-0.4, -0.2) is 5.97 Å². The van der Waals surface area contributed by atoms with Crippen molar-refractivity contribution in [2.45, 2.75) is 13.0 Å². The molecule has 2 rings (SSSR count). The predicted molar refractivity (Wildman–Crippen MR) is 60.9 cm³/mol. The zero-order chi connectivity index (χ0) is 11.5. The molecule has 1 aromatic heterocycles. The highest BCUT2D eigenvalue weighted by Crippen LogP contribution is 2.28. The number of carbonyl (C=O) groups is 1. The maximum Gasteiger partial charge on any atom is 0.303 e. The van der Waals surface area contributed by atoms with Gasteiger partial charge in [0.1, 0.15) is 11.7 Å². The van der Waals surface area contributed by atoms with Crippen LogP contribution in [0.1, 0.15) is 18.6 Å². The Morgan fingerprint density at radius 3 is 3.00 bits per heavy atom. The minimum absolute atomic E-state index is 0.339. The van der Waals surface area contributed by atoms with E-state index in [-0.39, 0.29) is 5.97 Å². The van der Waals surface area contributed by atoms with Crippen LogP contribution < -0.4 is 0 Å². The van der Waals surface area contributed by atoms with Gasteiger partial charge in [-0.25, -0.2) is 0 Å². The predicted octanol–water partition coefficient (Wildman–Crippen LogP) is 3.22. The van der Waals surface area contributed by atoms with Gasteiger partial charge in [-0.2, -0.15) is 0 Å². The van der Waals surface area contributed by atoms with Crippen molar-refractivity contribution >= 4 is 16.9 Å². The van der Waals surface area contributed by atoms with Gasteiger partial charge in [-0.3, -0.25) is 4.79 Å². The standard InChI is InChI=1S/C13H12O3/c1-3-12(16-9(2)14)11-6-4-5-10-7-8-15-13(10)11/h3-8,12H,1H2,2H3. The summed E-state index contributed by atoms with van der Waals surface area (Å²) in [7, 11) is 0. The topological polar surface area (TPSA) is 39.4 Å². The van der Waals surface area contributed by atoms with Crippen molar-refractivity contribution in [2.24, 2.45) is 0 Å². The van der Waals surface area contributed by atoms with Crippen LogP contribution in [0.5, 0.6) is 0 Å². The molecule has 0 aliphatic heterocycles. The van der Waals surface area contributed by atoms with Gasteiger partial charge in [0, 0.05) is 17.9 Å². The lowest BCUT2D eigenvalue weighted by atomic mass is 10.1. The molecule has 0 saturated carbocycles. The third-order valence-corrected chi connectivity index (χ3v) is 2.32. The highest BCUT2D eigenvalue weighted by atomic mass is 16.5. The normalized spacial score (nSPS) is 12.3. The summed E-state index contributed by atoms with van der Waals surface area (Å²) < 4.78 is 10.5. The summed E-state index contributed by atoms with van der Waals surface area (Å²) in [5, 5.41) is 0.983. The van der Waals surface area contributed by atoms with Crippen molar-refractivity contribution in [3.05, 3.63) is 48.7 Å². The van der Waals surface area contributed by atoms with E-state index in [0.717, 1.165) is 16.5 Å². The molecule has 1 aromatic carbocycles. The molecule has 0 spiro atoms. The van der Waals surface area contributed by atoms with Gasteiger partial charge < -0.3 is 9.15 Å². The maximum absolute atomic E-state index is 11.0. The number of rotatable bonds is 3. The first-order chi connectivity index (χ1) is 7.72. The number of fused-ring (bicyclic) bond motifs is 1. The van der Waals surface area contributed by atoms with E-state index in [1.807, 2.05) is 24.3 Å². The summed E-state index contributed by atoms with van der Waals surface area (Å²) in [5.41, 5.74) is 1.54. The van der Waals surface area contributed by atoms with Crippen LogP contribution in [0.15, 0.2) is 47.6 Å². The zero-order valence-electron chi connectivity index (χ0n) is 8.97. The summed E-state index contributed by atoms with van der Waals surface area (Å²) in [6, 6.07) is 7.57. The van der Waals surface area contributed by atoms with E-state index in [4.69, 9.17) is 9.15 Å². The van der Waals surface area contributed by atoms with Gasteiger partial charge in [0.2, 0.25) is 0 Å². The molecule has 2 aromatic rings. The van der Waals surface area contributed by atoms with Crippen molar-refractivity contribution < 1.29 is 13.9 Å². The number of hydrogen-bond acceptors (Lipinski definition) is 3. The molecule has 0 fully saturated rings. The van der Waals surface area contributed by atoms with Gasteiger partial charge in [-0.15, -0.1) is 0 Å². The van der Waals surface area contributed by atoms with Crippen LogP contribution in [-0.2, 0) is 9.53 Å². The SMILES string of the molecule is C=CC(OC(C)=O)c1cccc2ccoc12. The molecule has 1 atom stereocenters. The van der Waals surface area contributed by atoms with E-state index in [1.165, 1.54) is 6.92 Å². The molecule has 0 radical (unpaired) electrons. The van der Waals surface area contributed by atoms with E-state index < -0.39 is 6.10 Å². The molecule has 0 amide bonds. The van der Waals surface area contributed by atoms with Crippen molar-refractivity contribution in [2.75, 3.05) is 0 Å². The molecule has 1 heterocycles. The van der Waals surface area contributed by atoms with E-state index >= 15 is 0 Å². The Labute approximate surface area is 93.3 Å². The molecule has 82 valence electrons. The average Bonchev–Trinajstić information content (AvgIpc) is 2.73. The first-order valence-corrected chi connectivity index (χ1v) is 4.98. The highest BCUT2D eigenvalue weighted by molar-refractivity contribution is 5.81. The quantitative estimate of drug-likeness (QED) is 0.584. The monoisotopic (exact) mass is 216 g/mol. The van der Waals surface area contributed by atoms with Crippen LogP contribution in [0.4, 0.5) is 0 Å². The van der Waals surface area contributed by atoms with Crippen molar-refractivity contribution in [3.8, 4) is 0 Å². The van der Waals surface area contributed by atoms with Crippen molar-refractivity contribution in [1.29, 1.82) is 0 Å². The van der Waals surface area contributed by atoms with E-state index in [1.54, 1.807) is 12.3 Å². The lowest BCUT2D eigenvalue weighted by Crippen LogP contribution is -2.05. The van der Waals surface area contributed by atoms with Crippen LogP contribution in [0.2, 0.25) is 0 Å². The Bertz CT molecular complexity index is 525. The first-order valence-electron chi connectivity index (χ1n) is 4.98. The molecule has 0 aliphatic carbocycles. The molecule has 3 heteroatoms. The number of benzene rings is 1. The summed E-state index contributed by atoms with van der Waals surface area (Å²) >= 11 is 0. The summed E-state index contributed by atoms with van der Waals surface area (Å²) in [5.74, 6) is -0.339. The van der Waals surface area contributed by atoms with Gasteiger partial charge in [0.25, 0.3) is 0 Å². The third kappa shape index (κ3) is 1.84. The smallest absolute Gasteiger partial charge is 0.303 e. The van der Waals surface area contributed by atoms with Crippen LogP contribution in [0, 0.1) is 0 Å². The second-order valence-corrected chi connectivity index (χ2v) is 3.45. The molecule has 3 nitrogen and oxygen atoms in total. The summed E-state index contributed by atoms with van der Waals surface area (Å²) in [6.45, 7) is 5.04. The van der Waals surface area contributed by atoms with Crippen LogP contribution in [0.25, 0.3) is 11.0 Å². The Kier molecular flexibility index (Phi) is 2.77. The van der Waals surface area contributed by atoms with Gasteiger partial charge in [-0.05, 0) is 12.1 Å². The van der Waals surface area contributed by atoms with Crippen molar-refractivity contribution in [3.63, 3.8) is 0 Å². The van der Waals surface area contributed by atoms with E-state index in [2.05, 4.69) is 6.58 Å². The molecular weight excluding hydrogens is 204 g/mol. The fourth-order valence-electron chi connectivity index (χ4n) is 1.66. The molecule has 1 unspecified atom stereocenters. The average molecular weight is 216 g/mol. The number of para-hydroxylation sites is 1. The molecule has 16 heavy (non-hydrogen) atoms. The number of furan rings is 1. The first kappa shape index (κ1) is 10.5. The number of esters is 1. The van der Waals surface area contributed by atoms with Gasteiger partial charge in [0.15, 0.2) is 0 Å². The largest absolute Gasteiger partial charge is 0.464 e.